The molecule has 0 bridgehead atoms. The summed E-state index contributed by atoms with van der Waals surface area (Å²) in [6, 6.07) is -1.55. The summed E-state index contributed by atoms with van der Waals surface area (Å²) in [5, 5.41) is 11.7. The van der Waals surface area contributed by atoms with Gasteiger partial charge in [-0.3, -0.25) is 9.59 Å². The van der Waals surface area contributed by atoms with E-state index in [0.29, 0.717) is 30.9 Å². The molecule has 6 nitrogen and oxygen atoms in total. The summed E-state index contributed by atoms with van der Waals surface area (Å²) in [6.07, 6.45) is 2.77. The van der Waals surface area contributed by atoms with E-state index in [1.54, 1.807) is 11.0 Å². The molecule has 7 heteroatoms. The maximum absolute atomic E-state index is 12.4. The van der Waals surface area contributed by atoms with Gasteiger partial charge in [-0.05, 0) is 18.3 Å². The zero-order valence-corrected chi connectivity index (χ0v) is 14.8. The van der Waals surface area contributed by atoms with Crippen molar-refractivity contribution in [2.24, 2.45) is 5.41 Å². The lowest BCUT2D eigenvalue weighted by atomic mass is 9.91. The van der Waals surface area contributed by atoms with E-state index in [1.165, 1.54) is 11.8 Å². The molecule has 0 aliphatic carbocycles. The summed E-state index contributed by atoms with van der Waals surface area (Å²) in [4.78, 5) is 37.5. The molecule has 23 heavy (non-hydrogen) atoms. The van der Waals surface area contributed by atoms with E-state index in [4.69, 9.17) is 0 Å². The minimum atomic E-state index is -1.07. The first kappa shape index (κ1) is 19.5. The largest absolute Gasteiger partial charge is 0.480 e. The summed E-state index contributed by atoms with van der Waals surface area (Å²) in [7, 11) is 0. The fourth-order valence-electron chi connectivity index (χ4n) is 2.27. The van der Waals surface area contributed by atoms with Crippen LogP contribution >= 0.6 is 11.8 Å². The third-order valence-electron chi connectivity index (χ3n) is 3.46. The van der Waals surface area contributed by atoms with Crippen molar-refractivity contribution in [3.63, 3.8) is 0 Å². The number of nitrogens with one attached hydrogen (secondary N) is 1. The third-order valence-corrected chi connectivity index (χ3v) is 4.47. The lowest BCUT2D eigenvalue weighted by Crippen LogP contribution is -2.52. The molecule has 0 aromatic rings. The van der Waals surface area contributed by atoms with E-state index in [2.05, 4.69) is 11.9 Å². The predicted octanol–water partition coefficient (Wildman–Crippen LogP) is 1.86. The lowest BCUT2D eigenvalue weighted by molar-refractivity contribution is -0.144. The summed E-state index contributed by atoms with van der Waals surface area (Å²) in [6.45, 7) is 9.47. The molecule has 2 N–H and O–H groups in total. The predicted molar refractivity (Wildman–Crippen MR) is 91.0 cm³/mol. The van der Waals surface area contributed by atoms with Crippen molar-refractivity contribution in [2.75, 3.05) is 11.6 Å². The van der Waals surface area contributed by atoms with Gasteiger partial charge in [-0.2, -0.15) is 0 Å². The molecule has 1 fully saturated rings. The smallest absolute Gasteiger partial charge is 0.326 e. The van der Waals surface area contributed by atoms with Crippen molar-refractivity contribution in [1.29, 1.82) is 0 Å². The van der Waals surface area contributed by atoms with E-state index < -0.39 is 24.0 Å². The molecule has 0 aromatic heterocycles. The summed E-state index contributed by atoms with van der Waals surface area (Å²) >= 11 is 1.51. The first-order chi connectivity index (χ1) is 10.7. The highest BCUT2D eigenvalue weighted by atomic mass is 32.2. The number of thioether (sulfide) groups is 1. The van der Waals surface area contributed by atoms with E-state index >= 15 is 0 Å². The third kappa shape index (κ3) is 6.25. The summed E-state index contributed by atoms with van der Waals surface area (Å²) < 4.78 is 0. The topological polar surface area (TPSA) is 86.7 Å². The first-order valence-corrected chi connectivity index (χ1v) is 8.82. The van der Waals surface area contributed by atoms with E-state index in [9.17, 15) is 19.5 Å². The first-order valence-electron chi connectivity index (χ1n) is 7.67. The van der Waals surface area contributed by atoms with Gasteiger partial charge in [0.05, 0.1) is 5.88 Å². The van der Waals surface area contributed by atoms with Crippen molar-refractivity contribution in [3.8, 4) is 0 Å². The van der Waals surface area contributed by atoms with Crippen molar-refractivity contribution < 1.29 is 19.5 Å². The van der Waals surface area contributed by atoms with Crippen LogP contribution in [0.5, 0.6) is 0 Å². The van der Waals surface area contributed by atoms with E-state index in [1.807, 2.05) is 20.8 Å². The van der Waals surface area contributed by atoms with Gasteiger partial charge in [0.2, 0.25) is 11.8 Å². The number of aliphatic carboxylic acids is 1. The van der Waals surface area contributed by atoms with Crippen LogP contribution in [-0.2, 0) is 14.4 Å². The molecular formula is C16H26N2O4S. The Balaban J connectivity index is 2.71. The average Bonchev–Trinajstić information content (AvgIpc) is 2.90. The number of amides is 2. The maximum atomic E-state index is 12.4. The molecule has 1 saturated heterocycles. The number of carbonyl (C=O) groups is 3. The van der Waals surface area contributed by atoms with Crippen LogP contribution in [0.3, 0.4) is 0 Å². The molecular weight excluding hydrogens is 316 g/mol. The second-order valence-electron chi connectivity index (χ2n) is 6.88. The number of carbonyl (C=O) groups excluding carboxylic acids is 2. The number of nitrogens with zero attached hydrogens (tertiary/aromatic N) is 1. The number of carboxylic acid groups (broad SMARTS) is 1. The molecule has 2 unspecified atom stereocenters. The molecule has 0 spiro atoms. The second kappa shape index (κ2) is 8.38. The van der Waals surface area contributed by atoms with Crippen molar-refractivity contribution >= 4 is 29.5 Å². The highest BCUT2D eigenvalue weighted by Crippen LogP contribution is 2.26. The van der Waals surface area contributed by atoms with Crippen molar-refractivity contribution in [2.45, 2.75) is 52.1 Å². The van der Waals surface area contributed by atoms with Crippen molar-refractivity contribution in [3.05, 3.63) is 12.7 Å². The molecule has 2 atom stereocenters. The quantitative estimate of drug-likeness (QED) is 0.690. The molecule has 0 radical (unpaired) electrons. The highest BCUT2D eigenvalue weighted by Gasteiger charge is 2.37. The Morgan fingerprint density at radius 2 is 2.09 bits per heavy atom. The molecule has 1 aliphatic heterocycles. The van der Waals surface area contributed by atoms with Gasteiger partial charge in [0.25, 0.3) is 0 Å². The van der Waals surface area contributed by atoms with Gasteiger partial charge in [0.1, 0.15) is 12.1 Å². The van der Waals surface area contributed by atoms with Crippen LogP contribution in [0.2, 0.25) is 0 Å². The van der Waals surface area contributed by atoms with E-state index in [-0.39, 0.29) is 11.3 Å². The van der Waals surface area contributed by atoms with Gasteiger partial charge in [-0.1, -0.05) is 26.8 Å². The average molecular weight is 342 g/mol. The number of hydrogen-bond donors (Lipinski definition) is 2. The number of rotatable bonds is 7. The Morgan fingerprint density at radius 1 is 1.43 bits per heavy atom. The highest BCUT2D eigenvalue weighted by molar-refractivity contribution is 7.99. The van der Waals surface area contributed by atoms with Crippen molar-refractivity contribution in [1.82, 2.24) is 10.2 Å². The van der Waals surface area contributed by atoms with Gasteiger partial charge in [-0.25, -0.2) is 4.79 Å². The molecule has 1 heterocycles. The fraction of sp³-hybridized carbons (Fsp3) is 0.688. The van der Waals surface area contributed by atoms with Gasteiger partial charge < -0.3 is 15.3 Å². The van der Waals surface area contributed by atoms with Crippen LogP contribution in [0.25, 0.3) is 0 Å². The molecule has 2 amide bonds. The standard InChI is InChI=1S/C16H26N2O4S/c1-5-6-7-11(15(21)22)17-14(20)12-9-23-10-18(12)13(19)8-16(2,3)4/h5,11-12H,1,6-10H2,2-4H3,(H,17,20)(H,21,22). The second-order valence-corrected chi connectivity index (χ2v) is 7.88. The van der Waals surface area contributed by atoms with Crippen LogP contribution in [0.1, 0.15) is 40.0 Å². The number of carboxylic acids is 1. The molecule has 130 valence electrons. The Bertz CT molecular complexity index is 473. The monoisotopic (exact) mass is 342 g/mol. The lowest BCUT2D eigenvalue weighted by Gasteiger charge is -2.27. The number of allylic oxidation sites excluding steroid dienone is 1. The fourth-order valence-corrected chi connectivity index (χ4v) is 3.45. The Morgan fingerprint density at radius 3 is 2.61 bits per heavy atom. The Kier molecular flexibility index (Phi) is 7.12. The van der Waals surface area contributed by atoms with Crippen LogP contribution in [0, 0.1) is 5.41 Å². The zero-order chi connectivity index (χ0) is 17.6. The SMILES string of the molecule is C=CCCC(NC(=O)C1CSCN1C(=O)CC(C)(C)C)C(=O)O. The van der Waals surface area contributed by atoms with E-state index in [0.717, 1.165) is 0 Å². The molecule has 0 saturated carbocycles. The minimum absolute atomic E-state index is 0.0689. The molecule has 1 aliphatic rings. The van der Waals surface area contributed by atoms with Gasteiger partial charge in [0, 0.05) is 12.2 Å². The summed E-state index contributed by atoms with van der Waals surface area (Å²) in [5.41, 5.74) is -0.154. The van der Waals surface area contributed by atoms with Gasteiger partial charge >= 0.3 is 5.97 Å². The van der Waals surface area contributed by atoms with Gasteiger partial charge in [-0.15, -0.1) is 18.3 Å². The van der Waals surface area contributed by atoms with Crippen LogP contribution in [-0.4, -0.2) is 51.5 Å². The number of hydrogen-bond acceptors (Lipinski definition) is 4. The summed E-state index contributed by atoms with van der Waals surface area (Å²) in [5.74, 6) is -0.569. The van der Waals surface area contributed by atoms with Crippen LogP contribution in [0.4, 0.5) is 0 Å². The zero-order valence-electron chi connectivity index (χ0n) is 14.0. The normalized spacial score (nSPS) is 19.3. The van der Waals surface area contributed by atoms with Crippen LogP contribution in [0.15, 0.2) is 12.7 Å². The Labute approximate surface area is 141 Å². The Hall–Kier alpha value is -1.50. The minimum Gasteiger partial charge on any atom is -0.480 e. The molecule has 1 rings (SSSR count). The van der Waals surface area contributed by atoms with Gasteiger partial charge in [0.15, 0.2) is 0 Å². The van der Waals surface area contributed by atoms with Crippen LogP contribution < -0.4 is 5.32 Å². The molecule has 0 aromatic carbocycles. The maximum Gasteiger partial charge on any atom is 0.326 e.